The normalized spacial score (nSPS) is 11.9. The van der Waals surface area contributed by atoms with Gasteiger partial charge in [0.25, 0.3) is 5.89 Å². The van der Waals surface area contributed by atoms with Gasteiger partial charge in [-0.05, 0) is 29.8 Å². The minimum atomic E-state index is -0.912. The van der Waals surface area contributed by atoms with E-state index in [1.54, 1.807) is 18.2 Å². The van der Waals surface area contributed by atoms with Crippen LogP contribution >= 0.6 is 0 Å². The van der Waals surface area contributed by atoms with Crippen LogP contribution in [0.5, 0.6) is 5.75 Å². The predicted octanol–water partition coefficient (Wildman–Crippen LogP) is 3.91. The lowest BCUT2D eigenvalue weighted by atomic mass is 9.92. The molecular weight excluding hydrogens is 374 g/mol. The molecular formula is C21H17N3O5. The summed E-state index contributed by atoms with van der Waals surface area (Å²) in [5, 5.41) is 17.0. The highest BCUT2D eigenvalue weighted by atomic mass is 16.5. The number of hydrogen-bond acceptors (Lipinski definition) is 7. The van der Waals surface area contributed by atoms with Crippen molar-refractivity contribution in [1.29, 1.82) is 0 Å². The van der Waals surface area contributed by atoms with E-state index in [0.717, 1.165) is 11.1 Å². The average Bonchev–Trinajstić information content (AvgIpc) is 3.44. The average molecular weight is 391 g/mol. The summed E-state index contributed by atoms with van der Waals surface area (Å²) in [5.74, 6) is 0.160. The quantitative estimate of drug-likeness (QED) is 0.481. The fourth-order valence-electron chi connectivity index (χ4n) is 2.92. The Bertz CT molecular complexity index is 1060. The minimum absolute atomic E-state index is 0.0855. The molecule has 4 rings (SSSR count). The molecule has 0 radical (unpaired) electrons. The van der Waals surface area contributed by atoms with Crippen LogP contribution in [0.1, 0.15) is 29.4 Å². The van der Waals surface area contributed by atoms with Gasteiger partial charge in [0.05, 0.1) is 12.1 Å². The molecule has 0 bridgehead atoms. The van der Waals surface area contributed by atoms with Crippen molar-refractivity contribution in [3.05, 3.63) is 84.0 Å². The summed E-state index contributed by atoms with van der Waals surface area (Å²) in [7, 11) is 0. The van der Waals surface area contributed by atoms with Gasteiger partial charge < -0.3 is 18.9 Å². The van der Waals surface area contributed by atoms with Crippen molar-refractivity contribution >= 4 is 5.97 Å². The standard InChI is InChI=1S/C21H17N3O5/c25-20(26)12-17(18-10-11-28-23-18)14-6-8-16(9-7-14)27-13-19-22-21(29-24-19)15-4-2-1-3-5-15/h1-11,17H,12-13H2,(H,25,26)/t17-/m0/s1. The number of ether oxygens (including phenoxy) is 1. The summed E-state index contributed by atoms with van der Waals surface area (Å²) in [4.78, 5) is 15.5. The number of benzene rings is 2. The van der Waals surface area contributed by atoms with Crippen molar-refractivity contribution in [3.63, 3.8) is 0 Å². The van der Waals surface area contributed by atoms with E-state index < -0.39 is 11.9 Å². The number of carboxylic acid groups (broad SMARTS) is 1. The zero-order valence-electron chi connectivity index (χ0n) is 15.3. The first-order chi connectivity index (χ1) is 14.2. The Hall–Kier alpha value is -3.94. The summed E-state index contributed by atoms with van der Waals surface area (Å²) in [6.45, 7) is 0.150. The molecule has 0 spiro atoms. The first kappa shape index (κ1) is 18.4. The lowest BCUT2D eigenvalue weighted by molar-refractivity contribution is -0.137. The van der Waals surface area contributed by atoms with Gasteiger partial charge in [-0.25, -0.2) is 0 Å². The fourth-order valence-corrected chi connectivity index (χ4v) is 2.92. The van der Waals surface area contributed by atoms with Crippen molar-refractivity contribution in [2.24, 2.45) is 0 Å². The predicted molar refractivity (Wildman–Crippen MR) is 101 cm³/mol. The van der Waals surface area contributed by atoms with Crippen molar-refractivity contribution in [1.82, 2.24) is 15.3 Å². The Morgan fingerprint density at radius 1 is 1.03 bits per heavy atom. The molecule has 0 aliphatic carbocycles. The van der Waals surface area contributed by atoms with Gasteiger partial charge in [0.2, 0.25) is 5.82 Å². The van der Waals surface area contributed by atoms with Crippen LogP contribution in [0, 0.1) is 0 Å². The molecule has 0 fully saturated rings. The van der Waals surface area contributed by atoms with Crippen molar-refractivity contribution < 1.29 is 23.7 Å². The number of aliphatic carboxylic acids is 1. The van der Waals surface area contributed by atoms with Crippen molar-refractivity contribution in [3.8, 4) is 17.2 Å². The number of aromatic nitrogens is 3. The van der Waals surface area contributed by atoms with Gasteiger partial charge in [-0.2, -0.15) is 4.98 Å². The van der Waals surface area contributed by atoms with Crippen LogP contribution in [0.2, 0.25) is 0 Å². The topological polar surface area (TPSA) is 111 Å². The lowest BCUT2D eigenvalue weighted by Gasteiger charge is -2.13. The summed E-state index contributed by atoms with van der Waals surface area (Å²) < 4.78 is 15.8. The summed E-state index contributed by atoms with van der Waals surface area (Å²) in [6.07, 6.45) is 1.34. The van der Waals surface area contributed by atoms with Gasteiger partial charge in [0.15, 0.2) is 6.61 Å². The Kier molecular flexibility index (Phi) is 5.33. The van der Waals surface area contributed by atoms with E-state index in [4.69, 9.17) is 13.8 Å². The first-order valence-corrected chi connectivity index (χ1v) is 8.92. The minimum Gasteiger partial charge on any atom is -0.485 e. The molecule has 2 heterocycles. The summed E-state index contributed by atoms with van der Waals surface area (Å²) in [6, 6.07) is 18.3. The molecule has 1 N–H and O–H groups in total. The van der Waals surface area contributed by atoms with Gasteiger partial charge in [-0.3, -0.25) is 4.79 Å². The van der Waals surface area contributed by atoms with Crippen molar-refractivity contribution in [2.75, 3.05) is 0 Å². The Morgan fingerprint density at radius 2 is 1.83 bits per heavy atom. The molecule has 8 nitrogen and oxygen atoms in total. The van der Waals surface area contributed by atoms with E-state index >= 15 is 0 Å². The summed E-state index contributed by atoms with van der Waals surface area (Å²) >= 11 is 0. The van der Waals surface area contributed by atoms with E-state index in [-0.39, 0.29) is 13.0 Å². The number of carbonyl (C=O) groups is 1. The van der Waals surface area contributed by atoms with Gasteiger partial charge in [-0.1, -0.05) is 40.6 Å². The first-order valence-electron chi connectivity index (χ1n) is 8.92. The molecule has 1 atom stereocenters. The van der Waals surface area contributed by atoms with E-state index in [2.05, 4.69) is 15.3 Å². The molecule has 146 valence electrons. The monoisotopic (exact) mass is 391 g/mol. The highest BCUT2D eigenvalue weighted by molar-refractivity contribution is 5.68. The maximum Gasteiger partial charge on any atom is 0.304 e. The fraction of sp³-hybridized carbons (Fsp3) is 0.143. The number of rotatable bonds is 8. The molecule has 2 aromatic carbocycles. The van der Waals surface area contributed by atoms with E-state index in [1.165, 1.54) is 6.26 Å². The van der Waals surface area contributed by atoms with Crippen molar-refractivity contribution in [2.45, 2.75) is 18.9 Å². The van der Waals surface area contributed by atoms with Crippen LogP contribution in [-0.2, 0) is 11.4 Å². The zero-order valence-corrected chi connectivity index (χ0v) is 15.3. The molecule has 0 aliphatic rings. The maximum atomic E-state index is 11.2. The largest absolute Gasteiger partial charge is 0.485 e. The molecule has 0 aliphatic heterocycles. The molecule has 2 aromatic heterocycles. The molecule has 4 aromatic rings. The third-order valence-electron chi connectivity index (χ3n) is 4.33. The van der Waals surface area contributed by atoms with Crippen LogP contribution in [0.15, 0.2) is 76.0 Å². The van der Waals surface area contributed by atoms with Crippen LogP contribution in [0.4, 0.5) is 0 Å². The Labute approximate surface area is 165 Å². The molecule has 0 saturated carbocycles. The number of hydrogen-bond donors (Lipinski definition) is 1. The number of nitrogens with zero attached hydrogens (tertiary/aromatic N) is 3. The molecule has 29 heavy (non-hydrogen) atoms. The molecule has 8 heteroatoms. The Balaban J connectivity index is 1.42. The molecule has 0 saturated heterocycles. The third kappa shape index (κ3) is 4.49. The molecule has 0 unspecified atom stereocenters. The lowest BCUT2D eigenvalue weighted by Crippen LogP contribution is -2.08. The SMILES string of the molecule is O=C(O)C[C@@H](c1ccc(OCc2noc(-c3ccccc3)n2)cc1)c1ccon1. The van der Waals surface area contributed by atoms with Crippen LogP contribution in [0.25, 0.3) is 11.5 Å². The van der Waals surface area contributed by atoms with E-state index in [1.807, 2.05) is 42.5 Å². The second kappa shape index (κ2) is 8.39. The van der Waals surface area contributed by atoms with Crippen LogP contribution < -0.4 is 4.74 Å². The Morgan fingerprint density at radius 3 is 2.52 bits per heavy atom. The zero-order chi connectivity index (χ0) is 20.1. The van der Waals surface area contributed by atoms with Gasteiger partial charge in [-0.15, -0.1) is 0 Å². The number of carboxylic acids is 1. The van der Waals surface area contributed by atoms with E-state index in [0.29, 0.717) is 23.2 Å². The van der Waals surface area contributed by atoms with Gasteiger partial charge >= 0.3 is 5.97 Å². The van der Waals surface area contributed by atoms with Crippen LogP contribution in [-0.4, -0.2) is 26.4 Å². The summed E-state index contributed by atoms with van der Waals surface area (Å²) in [5.41, 5.74) is 2.22. The highest BCUT2D eigenvalue weighted by Crippen LogP contribution is 2.28. The van der Waals surface area contributed by atoms with Gasteiger partial charge in [0.1, 0.15) is 12.0 Å². The maximum absolute atomic E-state index is 11.2. The molecule has 0 amide bonds. The van der Waals surface area contributed by atoms with E-state index in [9.17, 15) is 9.90 Å². The van der Waals surface area contributed by atoms with Gasteiger partial charge in [0, 0.05) is 17.5 Å². The second-order valence-electron chi connectivity index (χ2n) is 6.31. The third-order valence-corrected chi connectivity index (χ3v) is 4.33. The highest BCUT2D eigenvalue weighted by Gasteiger charge is 2.20. The van der Waals surface area contributed by atoms with Crippen LogP contribution in [0.3, 0.4) is 0 Å². The smallest absolute Gasteiger partial charge is 0.304 e. The second-order valence-corrected chi connectivity index (χ2v) is 6.31.